The van der Waals surface area contributed by atoms with E-state index in [1.54, 1.807) is 9.80 Å². The number of aromatic nitrogens is 1. The molecule has 2 saturated heterocycles. The summed E-state index contributed by atoms with van der Waals surface area (Å²) < 4.78 is 5.03. The van der Waals surface area contributed by atoms with E-state index in [9.17, 15) is 9.59 Å². The van der Waals surface area contributed by atoms with Crippen LogP contribution in [0.25, 0.3) is 0 Å². The number of nitrogens with zero attached hydrogens (tertiary/aromatic N) is 3. The van der Waals surface area contributed by atoms with Crippen LogP contribution in [-0.2, 0) is 16.1 Å². The summed E-state index contributed by atoms with van der Waals surface area (Å²) in [6.45, 7) is 3.43. The molecule has 1 aromatic heterocycles. The number of piperidine rings is 1. The second-order valence-corrected chi connectivity index (χ2v) is 5.54. The van der Waals surface area contributed by atoms with Crippen molar-refractivity contribution in [3.05, 3.63) is 17.5 Å². The van der Waals surface area contributed by atoms with Crippen molar-refractivity contribution in [2.45, 2.75) is 45.2 Å². The molecule has 0 N–H and O–H groups in total. The van der Waals surface area contributed by atoms with Crippen LogP contribution < -0.4 is 0 Å². The SMILES string of the molecule is Cc1cc(CN2CCC(=O)N3CCCCC3C2=O)no1. The number of carbonyl (C=O) groups is 2. The van der Waals surface area contributed by atoms with Crippen LogP contribution >= 0.6 is 0 Å². The second kappa shape index (κ2) is 5.26. The first kappa shape index (κ1) is 13.1. The van der Waals surface area contributed by atoms with Crippen LogP contribution in [-0.4, -0.2) is 45.9 Å². The first-order valence-electron chi connectivity index (χ1n) is 7.15. The summed E-state index contributed by atoms with van der Waals surface area (Å²) in [5.41, 5.74) is 0.743. The highest BCUT2D eigenvalue weighted by Gasteiger charge is 2.37. The third-order valence-corrected chi connectivity index (χ3v) is 4.05. The Kier molecular flexibility index (Phi) is 3.46. The van der Waals surface area contributed by atoms with Crippen LogP contribution in [0.3, 0.4) is 0 Å². The van der Waals surface area contributed by atoms with Crippen molar-refractivity contribution in [2.24, 2.45) is 0 Å². The van der Waals surface area contributed by atoms with E-state index in [-0.39, 0.29) is 17.9 Å². The van der Waals surface area contributed by atoms with E-state index in [0.29, 0.717) is 26.1 Å². The van der Waals surface area contributed by atoms with Gasteiger partial charge in [-0.25, -0.2) is 0 Å². The average Bonchev–Trinajstić information content (AvgIpc) is 2.82. The van der Waals surface area contributed by atoms with Crippen molar-refractivity contribution in [2.75, 3.05) is 13.1 Å². The van der Waals surface area contributed by atoms with E-state index in [1.165, 1.54) is 0 Å². The lowest BCUT2D eigenvalue weighted by molar-refractivity contribution is -0.143. The van der Waals surface area contributed by atoms with Crippen molar-refractivity contribution in [1.29, 1.82) is 0 Å². The summed E-state index contributed by atoms with van der Waals surface area (Å²) in [6, 6.07) is 1.56. The first-order chi connectivity index (χ1) is 9.65. The van der Waals surface area contributed by atoms with Crippen LogP contribution in [0.5, 0.6) is 0 Å². The fraction of sp³-hybridized carbons (Fsp3) is 0.643. The Morgan fingerprint density at radius 3 is 2.95 bits per heavy atom. The highest BCUT2D eigenvalue weighted by Crippen LogP contribution is 2.23. The quantitative estimate of drug-likeness (QED) is 0.811. The van der Waals surface area contributed by atoms with Gasteiger partial charge < -0.3 is 14.3 Å². The lowest BCUT2D eigenvalue weighted by atomic mass is 10.0. The average molecular weight is 277 g/mol. The summed E-state index contributed by atoms with van der Waals surface area (Å²) in [4.78, 5) is 28.2. The van der Waals surface area contributed by atoms with E-state index in [0.717, 1.165) is 30.7 Å². The van der Waals surface area contributed by atoms with E-state index in [2.05, 4.69) is 5.16 Å². The summed E-state index contributed by atoms with van der Waals surface area (Å²) in [5.74, 6) is 0.885. The maximum atomic E-state index is 12.6. The zero-order valence-corrected chi connectivity index (χ0v) is 11.7. The zero-order valence-electron chi connectivity index (χ0n) is 11.7. The molecule has 1 unspecified atom stereocenters. The topological polar surface area (TPSA) is 66.7 Å². The number of hydrogen-bond acceptors (Lipinski definition) is 4. The lowest BCUT2D eigenvalue weighted by Crippen LogP contribution is -2.49. The molecule has 0 bridgehead atoms. The minimum atomic E-state index is -0.272. The van der Waals surface area contributed by atoms with Crippen LogP contribution in [0.15, 0.2) is 10.6 Å². The molecule has 3 rings (SSSR count). The standard InChI is InChI=1S/C14H19N3O3/c1-10-8-11(15-20-10)9-16-7-5-13(18)17-6-3-2-4-12(17)14(16)19/h8,12H,2-7,9H2,1H3. The zero-order chi connectivity index (χ0) is 14.1. The molecule has 1 atom stereocenters. The minimum absolute atomic E-state index is 0.0520. The van der Waals surface area contributed by atoms with Gasteiger partial charge >= 0.3 is 0 Å². The molecule has 3 heterocycles. The number of rotatable bonds is 2. The Balaban J connectivity index is 1.78. The smallest absolute Gasteiger partial charge is 0.245 e. The molecule has 1 aromatic rings. The van der Waals surface area contributed by atoms with Gasteiger partial charge in [0.15, 0.2) is 0 Å². The summed E-state index contributed by atoms with van der Waals surface area (Å²) >= 11 is 0. The molecular weight excluding hydrogens is 258 g/mol. The molecular formula is C14H19N3O3. The molecule has 6 heteroatoms. The summed E-state index contributed by atoms with van der Waals surface area (Å²) in [5, 5.41) is 3.93. The van der Waals surface area contributed by atoms with Gasteiger partial charge in [-0.1, -0.05) is 5.16 Å². The molecule has 2 aliphatic rings. The Bertz CT molecular complexity index is 525. The highest BCUT2D eigenvalue weighted by molar-refractivity contribution is 5.90. The van der Waals surface area contributed by atoms with Crippen molar-refractivity contribution in [1.82, 2.24) is 15.0 Å². The molecule has 20 heavy (non-hydrogen) atoms. The summed E-state index contributed by atoms with van der Waals surface area (Å²) in [7, 11) is 0. The number of aryl methyl sites for hydroxylation is 1. The second-order valence-electron chi connectivity index (χ2n) is 5.54. The fourth-order valence-corrected chi connectivity index (χ4v) is 3.03. The third kappa shape index (κ3) is 2.42. The van der Waals surface area contributed by atoms with E-state index in [1.807, 2.05) is 13.0 Å². The van der Waals surface area contributed by atoms with Gasteiger partial charge in [-0.15, -0.1) is 0 Å². The maximum absolute atomic E-state index is 12.6. The van der Waals surface area contributed by atoms with Gasteiger partial charge in [0, 0.05) is 25.6 Å². The monoisotopic (exact) mass is 277 g/mol. The Morgan fingerprint density at radius 2 is 2.20 bits per heavy atom. The van der Waals surface area contributed by atoms with Crippen LogP contribution in [0.2, 0.25) is 0 Å². The highest BCUT2D eigenvalue weighted by atomic mass is 16.5. The molecule has 2 fully saturated rings. The van der Waals surface area contributed by atoms with Gasteiger partial charge in [-0.05, 0) is 26.2 Å². The molecule has 0 aliphatic carbocycles. The van der Waals surface area contributed by atoms with Gasteiger partial charge in [-0.3, -0.25) is 9.59 Å². The lowest BCUT2D eigenvalue weighted by Gasteiger charge is -2.34. The predicted octanol–water partition coefficient (Wildman–Crippen LogP) is 1.10. The molecule has 2 aliphatic heterocycles. The van der Waals surface area contributed by atoms with E-state index >= 15 is 0 Å². The van der Waals surface area contributed by atoms with Gasteiger partial charge in [0.2, 0.25) is 11.8 Å². The molecule has 108 valence electrons. The van der Waals surface area contributed by atoms with Crippen LogP contribution in [0.4, 0.5) is 0 Å². The van der Waals surface area contributed by atoms with Gasteiger partial charge in [0.1, 0.15) is 17.5 Å². The van der Waals surface area contributed by atoms with E-state index < -0.39 is 0 Å². The van der Waals surface area contributed by atoms with Crippen molar-refractivity contribution >= 4 is 11.8 Å². The maximum Gasteiger partial charge on any atom is 0.245 e. The largest absolute Gasteiger partial charge is 0.361 e. The van der Waals surface area contributed by atoms with E-state index in [4.69, 9.17) is 4.52 Å². The molecule has 6 nitrogen and oxygen atoms in total. The van der Waals surface area contributed by atoms with Crippen LogP contribution in [0, 0.1) is 6.92 Å². The Morgan fingerprint density at radius 1 is 1.35 bits per heavy atom. The van der Waals surface area contributed by atoms with Gasteiger partial charge in [0.05, 0.1) is 6.54 Å². The van der Waals surface area contributed by atoms with Gasteiger partial charge in [0.25, 0.3) is 0 Å². The summed E-state index contributed by atoms with van der Waals surface area (Å²) in [6.07, 6.45) is 3.19. The van der Waals surface area contributed by atoms with Crippen molar-refractivity contribution < 1.29 is 14.1 Å². The number of hydrogen-bond donors (Lipinski definition) is 0. The molecule has 0 aromatic carbocycles. The molecule has 0 spiro atoms. The van der Waals surface area contributed by atoms with Crippen LogP contribution in [0.1, 0.15) is 37.1 Å². The number of fused-ring (bicyclic) bond motifs is 1. The molecule has 2 amide bonds. The van der Waals surface area contributed by atoms with Crippen molar-refractivity contribution in [3.8, 4) is 0 Å². The molecule has 0 saturated carbocycles. The Labute approximate surface area is 117 Å². The van der Waals surface area contributed by atoms with Crippen molar-refractivity contribution in [3.63, 3.8) is 0 Å². The first-order valence-corrected chi connectivity index (χ1v) is 7.15. The Hall–Kier alpha value is -1.85. The fourth-order valence-electron chi connectivity index (χ4n) is 3.03. The minimum Gasteiger partial charge on any atom is -0.361 e. The third-order valence-electron chi connectivity index (χ3n) is 4.05. The van der Waals surface area contributed by atoms with Gasteiger partial charge in [-0.2, -0.15) is 0 Å². The normalized spacial score (nSPS) is 23.8. The number of amides is 2. The molecule has 0 radical (unpaired) electrons. The number of carbonyl (C=O) groups excluding carboxylic acids is 2. The predicted molar refractivity (Wildman–Crippen MR) is 70.6 cm³/mol.